The van der Waals surface area contributed by atoms with Crippen molar-refractivity contribution in [2.75, 3.05) is 12.4 Å². The van der Waals surface area contributed by atoms with Crippen molar-refractivity contribution >= 4 is 11.6 Å². The number of pyridine rings is 1. The highest BCUT2D eigenvalue weighted by Crippen LogP contribution is 2.09. The quantitative estimate of drug-likeness (QED) is 0.597. The molecule has 0 aliphatic rings. The summed E-state index contributed by atoms with van der Waals surface area (Å²) in [6.45, 7) is 2.97. The van der Waals surface area contributed by atoms with Crippen LogP contribution in [0.15, 0.2) is 36.7 Å². The second-order valence-corrected chi connectivity index (χ2v) is 3.34. The second kappa shape index (κ2) is 6.57. The van der Waals surface area contributed by atoms with E-state index in [0.717, 1.165) is 6.54 Å². The van der Waals surface area contributed by atoms with Crippen LogP contribution in [0, 0.1) is 0 Å². The Bertz CT molecular complexity index is 272. The third-order valence-corrected chi connectivity index (χ3v) is 2.18. The molecule has 1 rings (SSSR count). The molecule has 0 amide bonds. The lowest BCUT2D eigenvalue weighted by atomic mass is 10.1. The molecule has 0 aromatic carbocycles. The van der Waals surface area contributed by atoms with Crippen molar-refractivity contribution < 1.29 is 0 Å². The number of nitrogens with zero attached hydrogens (tertiary/aromatic N) is 1. The molecule has 0 aliphatic carbocycles. The van der Waals surface area contributed by atoms with Crippen LogP contribution in [0.1, 0.15) is 18.5 Å². The number of nitrogens with one attached hydrogen (secondary N) is 1. The molecular formula is C11H15ClN2. The highest BCUT2D eigenvalue weighted by atomic mass is 35.5. The molecular weight excluding hydrogens is 196 g/mol. The van der Waals surface area contributed by atoms with E-state index in [2.05, 4.69) is 17.2 Å². The molecule has 0 bridgehead atoms. The average Bonchev–Trinajstić information content (AvgIpc) is 2.25. The third-order valence-electron chi connectivity index (χ3n) is 2.00. The Hall–Kier alpha value is -0.860. The van der Waals surface area contributed by atoms with E-state index < -0.39 is 0 Å². The Balaban J connectivity index is 2.36. The van der Waals surface area contributed by atoms with Crippen LogP contribution in [0.5, 0.6) is 0 Å². The predicted molar refractivity (Wildman–Crippen MR) is 60.5 cm³/mol. The summed E-state index contributed by atoms with van der Waals surface area (Å²) in [6, 6.07) is 4.38. The number of allylic oxidation sites excluding steroid dienone is 1. The number of hydrogen-bond acceptors (Lipinski definition) is 2. The van der Waals surface area contributed by atoms with Crippen LogP contribution in [-0.4, -0.2) is 17.4 Å². The van der Waals surface area contributed by atoms with E-state index in [-0.39, 0.29) is 0 Å². The van der Waals surface area contributed by atoms with Crippen LogP contribution < -0.4 is 5.32 Å². The van der Waals surface area contributed by atoms with E-state index in [4.69, 9.17) is 11.6 Å². The van der Waals surface area contributed by atoms with Crippen molar-refractivity contribution in [1.29, 1.82) is 0 Å². The first-order valence-electron chi connectivity index (χ1n) is 4.69. The van der Waals surface area contributed by atoms with Crippen LogP contribution in [0.3, 0.4) is 0 Å². The van der Waals surface area contributed by atoms with Gasteiger partial charge in [-0.2, -0.15) is 0 Å². The van der Waals surface area contributed by atoms with Crippen LogP contribution in [-0.2, 0) is 0 Å². The zero-order valence-electron chi connectivity index (χ0n) is 8.28. The van der Waals surface area contributed by atoms with Crippen molar-refractivity contribution in [2.45, 2.75) is 13.0 Å². The molecule has 1 heterocycles. The summed E-state index contributed by atoms with van der Waals surface area (Å²) in [6.07, 6.45) is 7.59. The number of halogens is 1. The summed E-state index contributed by atoms with van der Waals surface area (Å²) in [7, 11) is 0. The number of rotatable bonds is 5. The lowest BCUT2D eigenvalue weighted by Crippen LogP contribution is -2.18. The molecule has 0 saturated carbocycles. The summed E-state index contributed by atoms with van der Waals surface area (Å²) in [5.74, 6) is 0.575. The first kappa shape index (κ1) is 11.2. The topological polar surface area (TPSA) is 24.9 Å². The molecule has 14 heavy (non-hydrogen) atoms. The Morgan fingerprint density at radius 3 is 2.79 bits per heavy atom. The normalized spacial score (nSPS) is 13.3. The van der Waals surface area contributed by atoms with Gasteiger partial charge in [0.25, 0.3) is 0 Å². The van der Waals surface area contributed by atoms with Crippen molar-refractivity contribution in [3.63, 3.8) is 0 Å². The van der Waals surface area contributed by atoms with E-state index >= 15 is 0 Å². The lowest BCUT2D eigenvalue weighted by molar-refractivity contribution is 0.616. The van der Waals surface area contributed by atoms with Gasteiger partial charge in [0.15, 0.2) is 0 Å². The smallest absolute Gasteiger partial charge is 0.0404 e. The Labute approximate surface area is 90.0 Å². The molecule has 0 aliphatic heterocycles. The van der Waals surface area contributed by atoms with Gasteiger partial charge >= 0.3 is 0 Å². The zero-order chi connectivity index (χ0) is 10.2. The maximum absolute atomic E-state index is 5.51. The minimum absolute atomic E-state index is 0.345. The zero-order valence-corrected chi connectivity index (χ0v) is 9.04. The number of alkyl halides is 1. The molecule has 1 aromatic heterocycles. The minimum Gasteiger partial charge on any atom is -0.307 e. The van der Waals surface area contributed by atoms with Gasteiger partial charge in [-0.15, -0.1) is 11.6 Å². The van der Waals surface area contributed by atoms with E-state index in [9.17, 15) is 0 Å². The fraction of sp³-hybridized carbons (Fsp3) is 0.364. The Kier molecular flexibility index (Phi) is 5.27. The van der Waals surface area contributed by atoms with Crippen molar-refractivity contribution in [1.82, 2.24) is 10.3 Å². The van der Waals surface area contributed by atoms with Gasteiger partial charge in [-0.1, -0.05) is 12.2 Å². The van der Waals surface area contributed by atoms with Gasteiger partial charge < -0.3 is 5.32 Å². The van der Waals surface area contributed by atoms with E-state index in [1.807, 2.05) is 36.7 Å². The van der Waals surface area contributed by atoms with Crippen LogP contribution in [0.2, 0.25) is 0 Å². The first-order valence-corrected chi connectivity index (χ1v) is 5.22. The predicted octanol–water partition coefficient (Wildman–Crippen LogP) is 2.53. The number of hydrogen-bond donors (Lipinski definition) is 1. The van der Waals surface area contributed by atoms with E-state index in [1.54, 1.807) is 0 Å². The van der Waals surface area contributed by atoms with E-state index in [1.165, 1.54) is 5.56 Å². The molecule has 1 N–H and O–H groups in total. The van der Waals surface area contributed by atoms with Gasteiger partial charge in [0, 0.05) is 30.9 Å². The van der Waals surface area contributed by atoms with Crippen molar-refractivity contribution in [3.8, 4) is 0 Å². The highest BCUT2D eigenvalue weighted by molar-refractivity contribution is 6.18. The fourth-order valence-corrected chi connectivity index (χ4v) is 1.29. The first-order chi connectivity index (χ1) is 6.84. The van der Waals surface area contributed by atoms with Crippen molar-refractivity contribution in [3.05, 3.63) is 42.2 Å². The molecule has 1 aromatic rings. The summed E-state index contributed by atoms with van der Waals surface area (Å²) >= 11 is 5.51. The van der Waals surface area contributed by atoms with Gasteiger partial charge in [0.1, 0.15) is 0 Å². The summed E-state index contributed by atoms with van der Waals surface area (Å²) < 4.78 is 0. The summed E-state index contributed by atoms with van der Waals surface area (Å²) in [5, 5.41) is 3.36. The van der Waals surface area contributed by atoms with Crippen LogP contribution >= 0.6 is 11.6 Å². The Morgan fingerprint density at radius 2 is 2.14 bits per heavy atom. The largest absolute Gasteiger partial charge is 0.307 e. The monoisotopic (exact) mass is 210 g/mol. The molecule has 0 radical (unpaired) electrons. The molecule has 3 heteroatoms. The van der Waals surface area contributed by atoms with Gasteiger partial charge in [-0.05, 0) is 24.6 Å². The number of aromatic nitrogens is 1. The highest BCUT2D eigenvalue weighted by Gasteiger charge is 2.01. The van der Waals surface area contributed by atoms with Crippen LogP contribution in [0.4, 0.5) is 0 Å². The SMILES string of the molecule is CC(NC/C=C/CCl)c1ccncc1. The second-order valence-electron chi connectivity index (χ2n) is 3.04. The maximum atomic E-state index is 5.51. The summed E-state index contributed by atoms with van der Waals surface area (Å²) in [4.78, 5) is 3.98. The fourth-order valence-electron chi connectivity index (χ4n) is 1.16. The molecule has 0 spiro atoms. The maximum Gasteiger partial charge on any atom is 0.0404 e. The summed E-state index contributed by atoms with van der Waals surface area (Å²) in [5.41, 5.74) is 1.25. The lowest BCUT2D eigenvalue weighted by Gasteiger charge is -2.11. The molecule has 0 fully saturated rings. The Morgan fingerprint density at radius 1 is 1.43 bits per heavy atom. The molecule has 0 saturated heterocycles. The molecule has 1 atom stereocenters. The minimum atomic E-state index is 0.345. The third kappa shape index (κ3) is 3.90. The van der Waals surface area contributed by atoms with Crippen molar-refractivity contribution in [2.24, 2.45) is 0 Å². The molecule has 1 unspecified atom stereocenters. The van der Waals surface area contributed by atoms with Gasteiger partial charge in [0.2, 0.25) is 0 Å². The van der Waals surface area contributed by atoms with Crippen LogP contribution in [0.25, 0.3) is 0 Å². The van der Waals surface area contributed by atoms with E-state index in [0.29, 0.717) is 11.9 Å². The molecule has 76 valence electrons. The molecule has 2 nitrogen and oxygen atoms in total. The standard InChI is InChI=1S/C11H15ClN2/c1-10(14-7-3-2-6-12)11-4-8-13-9-5-11/h2-5,8-10,14H,6-7H2,1H3/b3-2+. The van der Waals surface area contributed by atoms with Gasteiger partial charge in [-0.25, -0.2) is 0 Å². The average molecular weight is 211 g/mol. The van der Waals surface area contributed by atoms with Gasteiger partial charge in [-0.3, -0.25) is 4.98 Å². The van der Waals surface area contributed by atoms with Gasteiger partial charge in [0.05, 0.1) is 0 Å².